The van der Waals surface area contributed by atoms with Crippen molar-refractivity contribution in [3.63, 3.8) is 0 Å². The van der Waals surface area contributed by atoms with Crippen LogP contribution >= 0.6 is 0 Å². The maximum absolute atomic E-state index is 9.67. The van der Waals surface area contributed by atoms with Crippen molar-refractivity contribution in [2.45, 2.75) is 0 Å². The Hall–Kier alpha value is -2.66. The third kappa shape index (κ3) is 3.10. The maximum Gasteiger partial charge on any atom is 0.402 e. The van der Waals surface area contributed by atoms with Gasteiger partial charge in [0.15, 0.2) is 11.5 Å². The lowest BCUT2D eigenvalue weighted by Gasteiger charge is -2.03. The standard InChI is InChI=1S/C17H14O5.ClH/c1-20-12-5-3-10-8-16(21-2)17(22-15(10)9-12)11-4-6-13(18)14(19)7-11;/h3-9H,1-2H3,(H-,18,19);1H. The molecular formula is C17H15ClO5. The van der Waals surface area contributed by atoms with Gasteiger partial charge in [0.05, 0.1) is 31.2 Å². The number of fused-ring (bicyclic) bond motifs is 1. The molecule has 0 aliphatic carbocycles. The summed E-state index contributed by atoms with van der Waals surface area (Å²) in [4.78, 5) is 0. The molecule has 23 heavy (non-hydrogen) atoms. The first-order valence-electron chi connectivity index (χ1n) is 6.63. The van der Waals surface area contributed by atoms with Crippen LogP contribution in [0.2, 0.25) is 0 Å². The average Bonchev–Trinajstić information content (AvgIpc) is 2.55. The zero-order valence-electron chi connectivity index (χ0n) is 12.5. The van der Waals surface area contributed by atoms with Crippen LogP contribution < -0.4 is 21.9 Å². The van der Waals surface area contributed by atoms with Crippen LogP contribution in [0.1, 0.15) is 0 Å². The topological polar surface area (TPSA) is 70.2 Å². The summed E-state index contributed by atoms with van der Waals surface area (Å²) < 4.78 is 16.5. The second-order valence-corrected chi connectivity index (χ2v) is 4.75. The van der Waals surface area contributed by atoms with Crippen molar-refractivity contribution in [1.29, 1.82) is 0 Å². The Morgan fingerprint density at radius 2 is 1.65 bits per heavy atom. The highest BCUT2D eigenvalue weighted by molar-refractivity contribution is 5.83. The summed E-state index contributed by atoms with van der Waals surface area (Å²) in [6.45, 7) is 0. The summed E-state index contributed by atoms with van der Waals surface area (Å²) in [7, 11) is 3.13. The van der Waals surface area contributed by atoms with Gasteiger partial charge in [0.25, 0.3) is 0 Å². The van der Waals surface area contributed by atoms with Gasteiger partial charge in [0.2, 0.25) is 5.75 Å². The summed E-state index contributed by atoms with van der Waals surface area (Å²) in [5.41, 5.74) is 1.22. The summed E-state index contributed by atoms with van der Waals surface area (Å²) in [6.07, 6.45) is 0. The van der Waals surface area contributed by atoms with Crippen molar-refractivity contribution in [2.24, 2.45) is 0 Å². The monoisotopic (exact) mass is 334 g/mol. The number of hydrogen-bond donors (Lipinski definition) is 2. The van der Waals surface area contributed by atoms with E-state index in [4.69, 9.17) is 13.9 Å². The SMILES string of the molecule is COc1ccc2cc(OC)c(-c3ccc(O)c(O)c3)[o+]c2c1.[Cl-]. The van der Waals surface area contributed by atoms with Crippen LogP contribution in [-0.2, 0) is 0 Å². The van der Waals surface area contributed by atoms with Crippen LogP contribution in [0.4, 0.5) is 0 Å². The van der Waals surface area contributed by atoms with Gasteiger partial charge >= 0.3 is 11.3 Å². The Morgan fingerprint density at radius 3 is 2.30 bits per heavy atom. The van der Waals surface area contributed by atoms with Gasteiger partial charge in [-0.2, -0.15) is 0 Å². The lowest BCUT2D eigenvalue weighted by atomic mass is 10.1. The molecule has 0 bridgehead atoms. The van der Waals surface area contributed by atoms with Gasteiger partial charge in [-0.25, -0.2) is 4.42 Å². The maximum atomic E-state index is 9.67. The van der Waals surface area contributed by atoms with E-state index in [1.165, 1.54) is 12.1 Å². The highest BCUT2D eigenvalue weighted by Gasteiger charge is 2.24. The third-order valence-corrected chi connectivity index (χ3v) is 3.40. The summed E-state index contributed by atoms with van der Waals surface area (Å²) in [5, 5.41) is 20.0. The van der Waals surface area contributed by atoms with Crippen LogP contribution in [0.25, 0.3) is 22.3 Å². The van der Waals surface area contributed by atoms with Gasteiger partial charge in [0.1, 0.15) is 5.75 Å². The van der Waals surface area contributed by atoms with Crippen LogP contribution in [0.15, 0.2) is 46.9 Å². The molecule has 0 aliphatic heterocycles. The molecular weight excluding hydrogens is 320 g/mol. The zero-order valence-corrected chi connectivity index (χ0v) is 13.3. The molecule has 0 saturated heterocycles. The number of methoxy groups -OCH3 is 2. The predicted molar refractivity (Wildman–Crippen MR) is 82.5 cm³/mol. The van der Waals surface area contributed by atoms with Gasteiger partial charge in [0, 0.05) is 12.1 Å². The highest BCUT2D eigenvalue weighted by Crippen LogP contribution is 2.38. The normalized spacial score (nSPS) is 10.2. The summed E-state index contributed by atoms with van der Waals surface area (Å²) >= 11 is 0. The molecule has 2 N–H and O–H groups in total. The van der Waals surface area contributed by atoms with Crippen molar-refractivity contribution in [3.05, 3.63) is 42.5 Å². The minimum absolute atomic E-state index is 0. The molecule has 2 aromatic carbocycles. The number of benzene rings is 2. The molecule has 3 aromatic rings. The Balaban J connectivity index is 0.00000192. The minimum atomic E-state index is -0.222. The number of hydrogen-bond acceptors (Lipinski definition) is 4. The molecule has 0 unspecified atom stereocenters. The van der Waals surface area contributed by atoms with Gasteiger partial charge < -0.3 is 32.1 Å². The molecule has 0 atom stereocenters. The van der Waals surface area contributed by atoms with Crippen molar-refractivity contribution in [1.82, 2.24) is 0 Å². The van der Waals surface area contributed by atoms with Gasteiger partial charge in [-0.05, 0) is 24.3 Å². The molecule has 0 amide bonds. The molecule has 0 fully saturated rings. The number of rotatable bonds is 3. The summed E-state index contributed by atoms with van der Waals surface area (Å²) in [5.74, 6) is 1.26. The lowest BCUT2D eigenvalue weighted by molar-refractivity contribution is -0.00000719. The lowest BCUT2D eigenvalue weighted by Crippen LogP contribution is -3.00. The van der Waals surface area contributed by atoms with E-state index in [0.717, 1.165) is 5.39 Å². The molecule has 0 spiro atoms. The fourth-order valence-corrected chi connectivity index (χ4v) is 2.23. The Kier molecular flexibility index (Phi) is 4.81. The molecule has 3 rings (SSSR count). The van der Waals surface area contributed by atoms with Crippen molar-refractivity contribution < 1.29 is 36.5 Å². The Bertz CT molecular complexity index is 848. The largest absolute Gasteiger partial charge is 1.00 e. The summed E-state index contributed by atoms with van der Waals surface area (Å²) in [6, 6.07) is 11.8. The minimum Gasteiger partial charge on any atom is -1.00 e. The third-order valence-electron chi connectivity index (χ3n) is 3.40. The number of halogens is 1. The van der Waals surface area contributed by atoms with Crippen LogP contribution in [0, 0.1) is 0 Å². The van der Waals surface area contributed by atoms with E-state index in [1.807, 2.05) is 18.2 Å². The van der Waals surface area contributed by atoms with E-state index in [9.17, 15) is 10.2 Å². The molecule has 0 saturated carbocycles. The highest BCUT2D eigenvalue weighted by atomic mass is 35.5. The molecule has 120 valence electrons. The number of phenols is 2. The Morgan fingerprint density at radius 1 is 0.870 bits per heavy atom. The second kappa shape index (κ2) is 6.62. The van der Waals surface area contributed by atoms with E-state index in [-0.39, 0.29) is 23.9 Å². The second-order valence-electron chi connectivity index (χ2n) is 4.75. The number of ether oxygens (including phenoxy) is 2. The fourth-order valence-electron chi connectivity index (χ4n) is 2.23. The molecule has 0 radical (unpaired) electrons. The van der Waals surface area contributed by atoms with Crippen molar-refractivity contribution in [2.75, 3.05) is 14.2 Å². The number of aromatic hydroxyl groups is 2. The molecule has 5 nitrogen and oxygen atoms in total. The Labute approximate surface area is 139 Å². The smallest absolute Gasteiger partial charge is 0.402 e. The van der Waals surface area contributed by atoms with Gasteiger partial charge in [-0.15, -0.1) is 0 Å². The molecule has 6 heteroatoms. The van der Waals surface area contributed by atoms with Crippen molar-refractivity contribution >= 4 is 11.0 Å². The van der Waals surface area contributed by atoms with Crippen LogP contribution in [-0.4, -0.2) is 24.4 Å². The van der Waals surface area contributed by atoms with E-state index in [0.29, 0.717) is 28.4 Å². The quantitative estimate of drug-likeness (QED) is 0.548. The van der Waals surface area contributed by atoms with Gasteiger partial charge in [-0.1, -0.05) is 0 Å². The van der Waals surface area contributed by atoms with E-state index >= 15 is 0 Å². The predicted octanol–water partition coefficient (Wildman–Crippen LogP) is 0.813. The number of phenolic OH excluding ortho intramolecular Hbond substituents is 2. The van der Waals surface area contributed by atoms with Crippen molar-refractivity contribution in [3.8, 4) is 34.3 Å². The molecule has 1 heterocycles. The first-order chi connectivity index (χ1) is 10.6. The first-order valence-corrected chi connectivity index (χ1v) is 6.63. The van der Waals surface area contributed by atoms with Crippen LogP contribution in [0.5, 0.6) is 23.0 Å². The molecule has 0 aliphatic rings. The zero-order chi connectivity index (χ0) is 15.7. The van der Waals surface area contributed by atoms with E-state index < -0.39 is 0 Å². The van der Waals surface area contributed by atoms with Gasteiger partial charge in [-0.3, -0.25) is 0 Å². The molecule has 1 aromatic heterocycles. The van der Waals surface area contributed by atoms with E-state index in [1.54, 1.807) is 26.4 Å². The fraction of sp³-hybridized carbons (Fsp3) is 0.118. The van der Waals surface area contributed by atoms with E-state index in [2.05, 4.69) is 0 Å². The first kappa shape index (κ1) is 16.7. The average molecular weight is 335 g/mol. The van der Waals surface area contributed by atoms with Crippen LogP contribution in [0.3, 0.4) is 0 Å².